The molecule has 1 saturated carbocycles. The largest absolute Gasteiger partial charge is 0.493 e. The van der Waals surface area contributed by atoms with E-state index in [1.807, 2.05) is 6.92 Å². The minimum absolute atomic E-state index is 0.214. The quantitative estimate of drug-likeness (QED) is 0.685. The summed E-state index contributed by atoms with van der Waals surface area (Å²) in [6, 6.07) is 6.67. The van der Waals surface area contributed by atoms with Crippen molar-refractivity contribution in [2.24, 2.45) is 11.7 Å². The van der Waals surface area contributed by atoms with E-state index in [-0.39, 0.29) is 6.04 Å². The van der Waals surface area contributed by atoms with Crippen LogP contribution in [-0.4, -0.2) is 12.6 Å². The van der Waals surface area contributed by atoms with Crippen LogP contribution >= 0.6 is 0 Å². The van der Waals surface area contributed by atoms with Crippen molar-refractivity contribution in [2.75, 3.05) is 6.61 Å². The molecule has 0 aromatic heterocycles. The molecular weight excluding hydrogens is 270 g/mol. The van der Waals surface area contributed by atoms with Crippen LogP contribution in [0.1, 0.15) is 69.4 Å². The molecule has 0 aliphatic heterocycles. The molecule has 1 aliphatic carbocycles. The van der Waals surface area contributed by atoms with E-state index in [4.69, 9.17) is 10.5 Å². The third-order valence-corrected chi connectivity index (χ3v) is 4.79. The SMILES string of the molecule is Cc1cc(CC(C)N)ccc1OCCCCC1CCCCC1. The zero-order valence-electron chi connectivity index (χ0n) is 14.4. The Balaban J connectivity index is 1.66. The summed E-state index contributed by atoms with van der Waals surface area (Å²) in [7, 11) is 0. The molecule has 1 aromatic rings. The molecule has 0 bridgehead atoms. The van der Waals surface area contributed by atoms with Crippen molar-refractivity contribution in [3.8, 4) is 5.75 Å². The summed E-state index contributed by atoms with van der Waals surface area (Å²) in [6.45, 7) is 5.02. The Morgan fingerprint density at radius 1 is 1.18 bits per heavy atom. The molecular formula is C20H33NO. The van der Waals surface area contributed by atoms with E-state index in [1.165, 1.54) is 62.5 Å². The van der Waals surface area contributed by atoms with Gasteiger partial charge in [0.15, 0.2) is 0 Å². The third-order valence-electron chi connectivity index (χ3n) is 4.79. The average molecular weight is 303 g/mol. The maximum Gasteiger partial charge on any atom is 0.122 e. The Morgan fingerprint density at radius 3 is 2.64 bits per heavy atom. The minimum Gasteiger partial charge on any atom is -0.493 e. The Morgan fingerprint density at radius 2 is 1.95 bits per heavy atom. The first-order valence-electron chi connectivity index (χ1n) is 9.13. The van der Waals surface area contributed by atoms with Crippen LogP contribution in [0.3, 0.4) is 0 Å². The van der Waals surface area contributed by atoms with Crippen molar-refractivity contribution < 1.29 is 4.74 Å². The molecule has 2 heteroatoms. The van der Waals surface area contributed by atoms with Gasteiger partial charge in [0.1, 0.15) is 5.75 Å². The smallest absolute Gasteiger partial charge is 0.122 e. The van der Waals surface area contributed by atoms with Gasteiger partial charge >= 0.3 is 0 Å². The number of benzene rings is 1. The van der Waals surface area contributed by atoms with Crippen molar-refractivity contribution in [1.82, 2.24) is 0 Å². The van der Waals surface area contributed by atoms with E-state index < -0.39 is 0 Å². The molecule has 1 atom stereocenters. The lowest BCUT2D eigenvalue weighted by Gasteiger charge is -2.21. The van der Waals surface area contributed by atoms with Gasteiger partial charge in [-0.05, 0) is 56.2 Å². The highest BCUT2D eigenvalue weighted by Crippen LogP contribution is 2.27. The molecule has 2 N–H and O–H groups in total. The van der Waals surface area contributed by atoms with Crippen molar-refractivity contribution in [3.05, 3.63) is 29.3 Å². The maximum absolute atomic E-state index is 5.95. The summed E-state index contributed by atoms with van der Waals surface area (Å²) in [5, 5.41) is 0. The van der Waals surface area contributed by atoms with E-state index in [9.17, 15) is 0 Å². The molecule has 2 nitrogen and oxygen atoms in total. The lowest BCUT2D eigenvalue weighted by molar-refractivity contribution is 0.282. The van der Waals surface area contributed by atoms with Crippen LogP contribution in [0, 0.1) is 12.8 Å². The number of rotatable bonds is 8. The van der Waals surface area contributed by atoms with Crippen molar-refractivity contribution in [2.45, 2.75) is 77.7 Å². The second-order valence-corrected chi connectivity index (χ2v) is 7.13. The molecule has 0 heterocycles. The van der Waals surface area contributed by atoms with Crippen LogP contribution < -0.4 is 10.5 Å². The Labute approximate surface area is 136 Å². The fraction of sp³-hybridized carbons (Fsp3) is 0.700. The number of nitrogens with two attached hydrogens (primary N) is 1. The van der Waals surface area contributed by atoms with Crippen LogP contribution in [-0.2, 0) is 6.42 Å². The van der Waals surface area contributed by atoms with Crippen LogP contribution in [0.2, 0.25) is 0 Å². The third kappa shape index (κ3) is 6.00. The molecule has 1 fully saturated rings. The monoisotopic (exact) mass is 303 g/mol. The van der Waals surface area contributed by atoms with Gasteiger partial charge in [-0.25, -0.2) is 0 Å². The first-order chi connectivity index (χ1) is 10.6. The highest BCUT2D eigenvalue weighted by molar-refractivity contribution is 5.36. The number of ether oxygens (including phenoxy) is 1. The van der Waals surface area contributed by atoms with Gasteiger partial charge in [0.2, 0.25) is 0 Å². The van der Waals surface area contributed by atoms with Gasteiger partial charge in [-0.15, -0.1) is 0 Å². The van der Waals surface area contributed by atoms with Crippen LogP contribution in [0.4, 0.5) is 0 Å². The van der Waals surface area contributed by atoms with Gasteiger partial charge < -0.3 is 10.5 Å². The molecule has 22 heavy (non-hydrogen) atoms. The minimum atomic E-state index is 0.214. The van der Waals surface area contributed by atoms with Gasteiger partial charge in [0.05, 0.1) is 6.61 Å². The number of unbranched alkanes of at least 4 members (excludes halogenated alkanes) is 1. The van der Waals surface area contributed by atoms with Crippen LogP contribution in [0.5, 0.6) is 5.75 Å². The highest BCUT2D eigenvalue weighted by atomic mass is 16.5. The fourth-order valence-corrected chi connectivity index (χ4v) is 3.57. The first kappa shape index (κ1) is 17.3. The van der Waals surface area contributed by atoms with Crippen molar-refractivity contribution >= 4 is 0 Å². The first-order valence-corrected chi connectivity index (χ1v) is 9.13. The summed E-state index contributed by atoms with van der Waals surface area (Å²) >= 11 is 0. The summed E-state index contributed by atoms with van der Waals surface area (Å²) in [5.74, 6) is 2.03. The number of hydrogen-bond acceptors (Lipinski definition) is 2. The molecule has 124 valence electrons. The molecule has 0 saturated heterocycles. The van der Waals surface area contributed by atoms with Gasteiger partial charge in [-0.1, -0.05) is 50.7 Å². The zero-order valence-corrected chi connectivity index (χ0v) is 14.4. The van der Waals surface area contributed by atoms with Crippen molar-refractivity contribution in [1.29, 1.82) is 0 Å². The lowest BCUT2D eigenvalue weighted by Crippen LogP contribution is -2.17. The van der Waals surface area contributed by atoms with Gasteiger partial charge in [0, 0.05) is 6.04 Å². The molecule has 0 radical (unpaired) electrons. The van der Waals surface area contributed by atoms with Crippen LogP contribution in [0.25, 0.3) is 0 Å². The lowest BCUT2D eigenvalue weighted by atomic mass is 9.86. The summed E-state index contributed by atoms with van der Waals surface area (Å²) in [4.78, 5) is 0. The second-order valence-electron chi connectivity index (χ2n) is 7.13. The molecule has 1 aliphatic rings. The van der Waals surface area contributed by atoms with Crippen LogP contribution in [0.15, 0.2) is 18.2 Å². The highest BCUT2D eigenvalue weighted by Gasteiger charge is 2.12. The Hall–Kier alpha value is -1.02. The average Bonchev–Trinajstić information content (AvgIpc) is 2.49. The van der Waals surface area contributed by atoms with Crippen molar-refractivity contribution in [3.63, 3.8) is 0 Å². The van der Waals surface area contributed by atoms with Gasteiger partial charge in [-0.3, -0.25) is 0 Å². The van der Waals surface area contributed by atoms with E-state index in [0.29, 0.717) is 0 Å². The standard InChI is InChI=1S/C20H33NO/c1-16-14-19(15-17(2)21)11-12-20(16)22-13-7-6-10-18-8-4-3-5-9-18/h11-12,14,17-18H,3-10,13,15,21H2,1-2H3. The summed E-state index contributed by atoms with van der Waals surface area (Å²) in [5.41, 5.74) is 8.39. The normalized spacial score (nSPS) is 17.4. The fourth-order valence-electron chi connectivity index (χ4n) is 3.57. The van der Waals surface area contributed by atoms with Gasteiger partial charge in [-0.2, -0.15) is 0 Å². The number of hydrogen-bond donors (Lipinski definition) is 1. The second kappa shape index (κ2) is 9.19. The molecule has 0 spiro atoms. The maximum atomic E-state index is 5.95. The number of aryl methyl sites for hydroxylation is 1. The van der Waals surface area contributed by atoms with Gasteiger partial charge in [0.25, 0.3) is 0 Å². The predicted molar refractivity (Wildman–Crippen MR) is 94.5 cm³/mol. The zero-order chi connectivity index (χ0) is 15.8. The summed E-state index contributed by atoms with van der Waals surface area (Å²) in [6.07, 6.45) is 12.1. The molecule has 1 aromatic carbocycles. The predicted octanol–water partition coefficient (Wildman–Crippen LogP) is 5.01. The Bertz CT molecular complexity index is 435. The Kier molecular flexibility index (Phi) is 7.24. The van der Waals surface area contributed by atoms with E-state index in [2.05, 4.69) is 25.1 Å². The molecule has 0 amide bonds. The van der Waals surface area contributed by atoms with E-state index in [1.54, 1.807) is 0 Å². The van der Waals surface area contributed by atoms with E-state index >= 15 is 0 Å². The topological polar surface area (TPSA) is 35.2 Å². The summed E-state index contributed by atoms with van der Waals surface area (Å²) < 4.78 is 5.95. The molecule has 2 rings (SSSR count). The molecule has 1 unspecified atom stereocenters. The van der Waals surface area contributed by atoms with E-state index in [0.717, 1.165) is 24.7 Å².